The Morgan fingerprint density at radius 1 is 1.42 bits per heavy atom. The summed E-state index contributed by atoms with van der Waals surface area (Å²) in [4.78, 5) is 0. The zero-order chi connectivity index (χ0) is 9.35. The third-order valence-electron chi connectivity index (χ3n) is 1.97. The molecular weight excluding hydrogens is 150 g/mol. The smallest absolute Gasteiger partial charge is 0.0776 e. The number of nitrogens with zero attached hydrogens (tertiary/aromatic N) is 1. The number of aliphatic hydroxyl groups is 1. The van der Waals surface area contributed by atoms with E-state index >= 15 is 0 Å². The van der Waals surface area contributed by atoms with Crippen molar-refractivity contribution in [3.05, 3.63) is 24.0 Å². The zero-order valence-electron chi connectivity index (χ0n) is 8.20. The van der Waals surface area contributed by atoms with Crippen LogP contribution in [-0.2, 0) is 5.54 Å². The van der Waals surface area contributed by atoms with Crippen molar-refractivity contribution in [2.24, 2.45) is 0 Å². The quantitative estimate of drug-likeness (QED) is 0.682. The first-order chi connectivity index (χ1) is 5.41. The largest absolute Gasteiger partial charge is 0.389 e. The molecule has 0 bridgehead atoms. The average Bonchev–Trinajstić information content (AvgIpc) is 2.30. The molecule has 1 atom stereocenters. The Hall–Kier alpha value is -0.760. The Morgan fingerprint density at radius 3 is 2.25 bits per heavy atom. The lowest BCUT2D eigenvalue weighted by Gasteiger charge is -2.20. The maximum atomic E-state index is 9.29. The number of aliphatic hydroxyl groups excluding tert-OH is 1. The van der Waals surface area contributed by atoms with Gasteiger partial charge in [-0.15, -0.1) is 0 Å². The lowest BCUT2D eigenvalue weighted by atomic mass is 10.1. The summed E-state index contributed by atoms with van der Waals surface area (Å²) in [5.74, 6) is 0. The molecule has 1 aromatic heterocycles. The van der Waals surface area contributed by atoms with Crippen molar-refractivity contribution in [3.63, 3.8) is 0 Å². The monoisotopic (exact) mass is 167 g/mol. The van der Waals surface area contributed by atoms with E-state index < -0.39 is 0 Å². The van der Waals surface area contributed by atoms with Crippen molar-refractivity contribution < 1.29 is 5.11 Å². The van der Waals surface area contributed by atoms with Crippen LogP contribution in [-0.4, -0.2) is 9.67 Å². The van der Waals surface area contributed by atoms with E-state index in [2.05, 4.69) is 25.3 Å². The minimum absolute atomic E-state index is 0.104. The van der Waals surface area contributed by atoms with E-state index in [1.807, 2.05) is 18.5 Å². The maximum absolute atomic E-state index is 9.29. The van der Waals surface area contributed by atoms with E-state index in [0.717, 1.165) is 5.56 Å². The SMILES string of the molecule is CC(O)c1ccn(C(C)(C)C)c1. The molecule has 0 spiro atoms. The Morgan fingerprint density at radius 2 is 2.00 bits per heavy atom. The van der Waals surface area contributed by atoms with Crippen LogP contribution in [0.4, 0.5) is 0 Å². The predicted octanol–water partition coefficient (Wildman–Crippen LogP) is 2.30. The Labute approximate surface area is 73.8 Å². The molecule has 12 heavy (non-hydrogen) atoms. The first kappa shape index (κ1) is 9.33. The van der Waals surface area contributed by atoms with Gasteiger partial charge in [0.25, 0.3) is 0 Å². The van der Waals surface area contributed by atoms with Gasteiger partial charge in [0.05, 0.1) is 6.10 Å². The van der Waals surface area contributed by atoms with Crippen molar-refractivity contribution in [2.45, 2.75) is 39.3 Å². The number of rotatable bonds is 1. The summed E-state index contributed by atoms with van der Waals surface area (Å²) in [5, 5.41) is 9.29. The molecule has 68 valence electrons. The van der Waals surface area contributed by atoms with Crippen molar-refractivity contribution in [2.75, 3.05) is 0 Å². The molecule has 0 amide bonds. The van der Waals surface area contributed by atoms with Gasteiger partial charge in [0, 0.05) is 17.9 Å². The highest BCUT2D eigenvalue weighted by Gasteiger charge is 2.13. The molecule has 0 saturated heterocycles. The highest BCUT2D eigenvalue weighted by Crippen LogP contribution is 2.19. The Bertz CT molecular complexity index is 255. The molecule has 0 aliphatic carbocycles. The predicted molar refractivity (Wildman–Crippen MR) is 50.1 cm³/mol. The summed E-state index contributed by atoms with van der Waals surface area (Å²) in [7, 11) is 0. The number of aromatic nitrogens is 1. The molecule has 0 aromatic carbocycles. The zero-order valence-corrected chi connectivity index (χ0v) is 8.20. The molecule has 0 aliphatic heterocycles. The van der Waals surface area contributed by atoms with Crippen LogP contribution in [0.15, 0.2) is 18.5 Å². The molecular formula is C10H17NO. The molecule has 0 fully saturated rings. The second kappa shape index (κ2) is 2.94. The maximum Gasteiger partial charge on any atom is 0.0776 e. The molecule has 2 heteroatoms. The van der Waals surface area contributed by atoms with Crippen molar-refractivity contribution >= 4 is 0 Å². The van der Waals surface area contributed by atoms with Gasteiger partial charge in [-0.2, -0.15) is 0 Å². The van der Waals surface area contributed by atoms with Gasteiger partial charge in [0.1, 0.15) is 0 Å². The van der Waals surface area contributed by atoms with Crippen LogP contribution in [0.5, 0.6) is 0 Å². The summed E-state index contributed by atoms with van der Waals surface area (Å²) < 4.78 is 2.11. The second-order valence-electron chi connectivity index (χ2n) is 4.20. The minimum atomic E-state index is -0.367. The third kappa shape index (κ3) is 1.89. The van der Waals surface area contributed by atoms with E-state index in [-0.39, 0.29) is 11.6 Å². The van der Waals surface area contributed by atoms with Gasteiger partial charge < -0.3 is 9.67 Å². The fourth-order valence-corrected chi connectivity index (χ4v) is 1.08. The molecule has 2 nitrogen and oxygen atoms in total. The average molecular weight is 167 g/mol. The van der Waals surface area contributed by atoms with E-state index in [1.54, 1.807) is 6.92 Å². The van der Waals surface area contributed by atoms with Gasteiger partial charge in [0.2, 0.25) is 0 Å². The number of hydrogen-bond donors (Lipinski definition) is 1. The number of hydrogen-bond acceptors (Lipinski definition) is 1. The fourth-order valence-electron chi connectivity index (χ4n) is 1.08. The highest BCUT2D eigenvalue weighted by molar-refractivity contribution is 5.14. The van der Waals surface area contributed by atoms with Crippen LogP contribution in [0, 0.1) is 0 Å². The Kier molecular flexibility index (Phi) is 2.29. The second-order valence-corrected chi connectivity index (χ2v) is 4.20. The molecule has 1 rings (SSSR count). The lowest BCUT2D eigenvalue weighted by Crippen LogP contribution is -2.19. The van der Waals surface area contributed by atoms with Crippen molar-refractivity contribution in [3.8, 4) is 0 Å². The van der Waals surface area contributed by atoms with Crippen molar-refractivity contribution in [1.82, 2.24) is 4.57 Å². The van der Waals surface area contributed by atoms with Gasteiger partial charge in [-0.3, -0.25) is 0 Å². The fraction of sp³-hybridized carbons (Fsp3) is 0.600. The normalized spacial score (nSPS) is 14.8. The summed E-state index contributed by atoms with van der Waals surface area (Å²) in [6, 6.07) is 1.95. The van der Waals surface area contributed by atoms with E-state index in [1.165, 1.54) is 0 Å². The van der Waals surface area contributed by atoms with Gasteiger partial charge >= 0.3 is 0 Å². The van der Waals surface area contributed by atoms with Crippen LogP contribution >= 0.6 is 0 Å². The first-order valence-electron chi connectivity index (χ1n) is 4.27. The topological polar surface area (TPSA) is 25.2 Å². The summed E-state index contributed by atoms with van der Waals surface area (Å²) in [5.41, 5.74) is 1.08. The van der Waals surface area contributed by atoms with E-state index in [9.17, 15) is 5.11 Å². The van der Waals surface area contributed by atoms with Crippen LogP contribution in [0.2, 0.25) is 0 Å². The summed E-state index contributed by atoms with van der Waals surface area (Å²) in [6.07, 6.45) is 3.63. The molecule has 0 radical (unpaired) electrons. The van der Waals surface area contributed by atoms with E-state index in [4.69, 9.17) is 0 Å². The molecule has 1 unspecified atom stereocenters. The molecule has 1 aromatic rings. The van der Waals surface area contributed by atoms with Crippen LogP contribution < -0.4 is 0 Å². The molecule has 1 heterocycles. The van der Waals surface area contributed by atoms with Gasteiger partial charge in [-0.05, 0) is 39.3 Å². The summed E-state index contributed by atoms with van der Waals surface area (Å²) >= 11 is 0. The molecule has 0 saturated carbocycles. The molecule has 0 aliphatic rings. The van der Waals surface area contributed by atoms with Gasteiger partial charge in [-0.25, -0.2) is 0 Å². The van der Waals surface area contributed by atoms with Crippen LogP contribution in [0.3, 0.4) is 0 Å². The van der Waals surface area contributed by atoms with Crippen LogP contribution in [0.25, 0.3) is 0 Å². The third-order valence-corrected chi connectivity index (χ3v) is 1.97. The first-order valence-corrected chi connectivity index (χ1v) is 4.27. The van der Waals surface area contributed by atoms with Crippen LogP contribution in [0.1, 0.15) is 39.4 Å². The van der Waals surface area contributed by atoms with Gasteiger partial charge in [-0.1, -0.05) is 0 Å². The Balaban J connectivity index is 2.92. The summed E-state index contributed by atoms with van der Waals surface area (Å²) in [6.45, 7) is 8.19. The lowest BCUT2D eigenvalue weighted by molar-refractivity contribution is 0.199. The van der Waals surface area contributed by atoms with E-state index in [0.29, 0.717) is 0 Å². The minimum Gasteiger partial charge on any atom is -0.389 e. The van der Waals surface area contributed by atoms with Gasteiger partial charge in [0.15, 0.2) is 0 Å². The standard InChI is InChI=1S/C10H17NO/c1-8(12)9-5-6-11(7-9)10(2,3)4/h5-8,12H,1-4H3. The van der Waals surface area contributed by atoms with Crippen molar-refractivity contribution in [1.29, 1.82) is 0 Å². The molecule has 1 N–H and O–H groups in total. The highest BCUT2D eigenvalue weighted by atomic mass is 16.3.